The highest BCUT2D eigenvalue weighted by Crippen LogP contribution is 2.44. The third-order valence-electron chi connectivity index (χ3n) is 4.07. The Bertz CT molecular complexity index is 990. The van der Waals surface area contributed by atoms with Gasteiger partial charge in [-0.3, -0.25) is 4.31 Å². The lowest BCUT2D eigenvalue weighted by Crippen LogP contribution is -2.32. The van der Waals surface area contributed by atoms with Gasteiger partial charge in [0.05, 0.1) is 22.0 Å². The standard InChI is InChI=1S/C18H15NO2S2/c1-13-5-4-7-15(11-13)23(20,21)19-12-14-6-2-3-8-16(14)18-17(19)9-10-22-18/h2-11H,12H2,1H3. The normalized spacial score (nSPS) is 13.5. The molecule has 1 aliphatic heterocycles. The van der Waals surface area contributed by atoms with E-state index in [0.29, 0.717) is 11.4 Å². The smallest absolute Gasteiger partial charge is 0.260 e. The van der Waals surface area contributed by atoms with E-state index in [2.05, 4.69) is 6.07 Å². The van der Waals surface area contributed by atoms with Crippen molar-refractivity contribution in [3.63, 3.8) is 0 Å². The van der Waals surface area contributed by atoms with E-state index < -0.39 is 10.0 Å². The second kappa shape index (κ2) is 5.22. The van der Waals surface area contributed by atoms with E-state index in [9.17, 15) is 8.42 Å². The van der Waals surface area contributed by atoms with Gasteiger partial charge in [-0.2, -0.15) is 0 Å². The molecule has 0 atom stereocenters. The Hall–Kier alpha value is -2.11. The van der Waals surface area contributed by atoms with E-state index in [1.807, 2.05) is 42.6 Å². The molecule has 1 aromatic heterocycles. The van der Waals surface area contributed by atoms with Crippen LogP contribution in [-0.4, -0.2) is 8.42 Å². The molecule has 1 aliphatic rings. The van der Waals surface area contributed by atoms with Crippen molar-refractivity contribution in [1.82, 2.24) is 0 Å². The predicted octanol–water partition coefficient (Wildman–Crippen LogP) is 4.43. The van der Waals surface area contributed by atoms with Crippen molar-refractivity contribution in [3.8, 4) is 10.4 Å². The van der Waals surface area contributed by atoms with Crippen molar-refractivity contribution in [2.24, 2.45) is 0 Å². The van der Waals surface area contributed by atoms with Crippen LogP contribution in [0.5, 0.6) is 0 Å². The first-order valence-corrected chi connectivity index (χ1v) is 9.64. The van der Waals surface area contributed by atoms with Gasteiger partial charge in [0.25, 0.3) is 10.0 Å². The largest absolute Gasteiger partial charge is 0.264 e. The van der Waals surface area contributed by atoms with Crippen LogP contribution >= 0.6 is 11.3 Å². The third kappa shape index (κ3) is 2.28. The summed E-state index contributed by atoms with van der Waals surface area (Å²) in [5.41, 5.74) is 3.89. The molecule has 5 heteroatoms. The number of thiophene rings is 1. The Balaban J connectivity index is 1.88. The van der Waals surface area contributed by atoms with Gasteiger partial charge in [0.2, 0.25) is 0 Å². The predicted molar refractivity (Wildman–Crippen MR) is 94.3 cm³/mol. The summed E-state index contributed by atoms with van der Waals surface area (Å²) < 4.78 is 27.8. The number of benzene rings is 2. The Morgan fingerprint density at radius 1 is 1.04 bits per heavy atom. The van der Waals surface area contributed by atoms with Crippen LogP contribution in [0.1, 0.15) is 11.1 Å². The molecule has 2 aromatic carbocycles. The highest BCUT2D eigenvalue weighted by Gasteiger charge is 2.32. The Morgan fingerprint density at radius 3 is 2.70 bits per heavy atom. The molecule has 23 heavy (non-hydrogen) atoms. The summed E-state index contributed by atoms with van der Waals surface area (Å²) in [6, 6.07) is 17.0. The number of sulfonamides is 1. The monoisotopic (exact) mass is 341 g/mol. The lowest BCUT2D eigenvalue weighted by Gasteiger charge is -2.30. The molecule has 2 heterocycles. The summed E-state index contributed by atoms with van der Waals surface area (Å²) in [6.07, 6.45) is 0. The fourth-order valence-electron chi connectivity index (χ4n) is 2.94. The SMILES string of the molecule is Cc1cccc(S(=O)(=O)N2Cc3ccccc3-c3sccc32)c1. The number of nitrogens with zero attached hydrogens (tertiary/aromatic N) is 1. The minimum Gasteiger partial charge on any atom is -0.260 e. The van der Waals surface area contributed by atoms with Gasteiger partial charge in [-0.1, -0.05) is 36.4 Å². The molecular weight excluding hydrogens is 326 g/mol. The topological polar surface area (TPSA) is 37.4 Å². The van der Waals surface area contributed by atoms with E-state index in [0.717, 1.165) is 27.3 Å². The summed E-state index contributed by atoms with van der Waals surface area (Å²) in [6.45, 7) is 2.27. The van der Waals surface area contributed by atoms with E-state index in [4.69, 9.17) is 0 Å². The first-order valence-electron chi connectivity index (χ1n) is 7.32. The third-order valence-corrected chi connectivity index (χ3v) is 6.76. The molecule has 0 amide bonds. The second-order valence-corrected chi connectivity index (χ2v) is 8.40. The Morgan fingerprint density at radius 2 is 1.87 bits per heavy atom. The molecule has 3 nitrogen and oxygen atoms in total. The van der Waals surface area contributed by atoms with Crippen LogP contribution in [0.4, 0.5) is 5.69 Å². The lowest BCUT2D eigenvalue weighted by atomic mass is 10.0. The first-order chi connectivity index (χ1) is 11.1. The molecule has 0 spiro atoms. The first kappa shape index (κ1) is 14.5. The van der Waals surface area contributed by atoms with Crippen LogP contribution in [0.3, 0.4) is 0 Å². The molecule has 3 aromatic rings. The summed E-state index contributed by atoms with van der Waals surface area (Å²) in [7, 11) is -3.57. The maximum Gasteiger partial charge on any atom is 0.264 e. The molecule has 0 bridgehead atoms. The fourth-order valence-corrected chi connectivity index (χ4v) is 5.51. The van der Waals surface area contributed by atoms with Crippen LogP contribution in [0.2, 0.25) is 0 Å². The van der Waals surface area contributed by atoms with Gasteiger partial charge in [-0.15, -0.1) is 11.3 Å². The summed E-state index contributed by atoms with van der Waals surface area (Å²) in [5.74, 6) is 0. The fraction of sp³-hybridized carbons (Fsp3) is 0.111. The van der Waals surface area contributed by atoms with Crippen LogP contribution in [0.15, 0.2) is 64.9 Å². The van der Waals surface area contributed by atoms with Gasteiger partial charge < -0.3 is 0 Å². The van der Waals surface area contributed by atoms with Crippen molar-refractivity contribution in [2.45, 2.75) is 18.4 Å². The van der Waals surface area contributed by atoms with E-state index >= 15 is 0 Å². The number of aryl methyl sites for hydroxylation is 1. The number of hydrogen-bond donors (Lipinski definition) is 0. The maximum atomic E-state index is 13.1. The van der Waals surface area contributed by atoms with Crippen LogP contribution in [0, 0.1) is 6.92 Å². The van der Waals surface area contributed by atoms with E-state index in [1.54, 1.807) is 29.5 Å². The molecule has 4 rings (SSSR count). The lowest BCUT2D eigenvalue weighted by molar-refractivity contribution is 0.590. The van der Waals surface area contributed by atoms with Crippen molar-refractivity contribution in [1.29, 1.82) is 0 Å². The molecule has 0 aliphatic carbocycles. The summed E-state index contributed by atoms with van der Waals surface area (Å²) >= 11 is 1.58. The molecule has 0 fully saturated rings. The quantitative estimate of drug-likeness (QED) is 0.691. The van der Waals surface area contributed by atoms with E-state index in [-0.39, 0.29) is 0 Å². The van der Waals surface area contributed by atoms with Crippen molar-refractivity contribution < 1.29 is 8.42 Å². The Labute approximate surface area is 139 Å². The van der Waals surface area contributed by atoms with Crippen molar-refractivity contribution in [2.75, 3.05) is 4.31 Å². The number of rotatable bonds is 2. The van der Waals surface area contributed by atoms with Crippen LogP contribution in [-0.2, 0) is 16.6 Å². The average Bonchev–Trinajstić information content (AvgIpc) is 3.04. The van der Waals surface area contributed by atoms with Gasteiger partial charge in [0.1, 0.15) is 0 Å². The van der Waals surface area contributed by atoms with E-state index in [1.165, 1.54) is 4.31 Å². The number of fused-ring (bicyclic) bond motifs is 3. The van der Waals surface area contributed by atoms with Gasteiger partial charge in [-0.25, -0.2) is 8.42 Å². The zero-order valence-corrected chi connectivity index (χ0v) is 14.2. The zero-order chi connectivity index (χ0) is 16.0. The minimum atomic E-state index is -3.57. The van der Waals surface area contributed by atoms with Crippen molar-refractivity contribution in [3.05, 3.63) is 71.1 Å². The second-order valence-electron chi connectivity index (χ2n) is 5.62. The van der Waals surface area contributed by atoms with Crippen LogP contribution in [0.25, 0.3) is 10.4 Å². The van der Waals surface area contributed by atoms with Gasteiger partial charge in [0, 0.05) is 0 Å². The maximum absolute atomic E-state index is 13.1. The van der Waals surface area contributed by atoms with Gasteiger partial charge in [-0.05, 0) is 47.2 Å². The molecule has 0 N–H and O–H groups in total. The van der Waals surface area contributed by atoms with Gasteiger partial charge >= 0.3 is 0 Å². The minimum absolute atomic E-state index is 0.342. The van der Waals surface area contributed by atoms with Crippen LogP contribution < -0.4 is 4.31 Å². The average molecular weight is 341 g/mol. The molecule has 0 radical (unpaired) electrons. The zero-order valence-electron chi connectivity index (χ0n) is 12.6. The highest BCUT2D eigenvalue weighted by molar-refractivity contribution is 7.92. The molecule has 0 saturated heterocycles. The highest BCUT2D eigenvalue weighted by atomic mass is 32.2. The number of hydrogen-bond acceptors (Lipinski definition) is 3. The van der Waals surface area contributed by atoms with Crippen molar-refractivity contribution >= 4 is 27.0 Å². The number of anilines is 1. The van der Waals surface area contributed by atoms with Gasteiger partial charge in [0.15, 0.2) is 0 Å². The molecule has 0 unspecified atom stereocenters. The molecular formula is C18H15NO2S2. The summed E-state index contributed by atoms with van der Waals surface area (Å²) in [4.78, 5) is 1.36. The molecule has 116 valence electrons. The molecule has 0 saturated carbocycles. The summed E-state index contributed by atoms with van der Waals surface area (Å²) in [5, 5.41) is 1.95. The Kier molecular flexibility index (Phi) is 3.28.